The number of rotatable bonds is 6. The van der Waals surface area contributed by atoms with Gasteiger partial charge >= 0.3 is 0 Å². The predicted octanol–water partition coefficient (Wildman–Crippen LogP) is 2.97. The highest BCUT2D eigenvalue weighted by atomic mass is 19.1. The molecule has 0 amide bonds. The highest BCUT2D eigenvalue weighted by Gasteiger charge is 2.49. The van der Waals surface area contributed by atoms with E-state index >= 15 is 0 Å². The number of aromatic nitrogens is 4. The van der Waals surface area contributed by atoms with Crippen LogP contribution in [0.3, 0.4) is 0 Å². The van der Waals surface area contributed by atoms with E-state index in [1.54, 1.807) is 6.20 Å². The largest absolute Gasteiger partial charge is 0.352 e. The molecule has 3 fully saturated rings. The van der Waals surface area contributed by atoms with Crippen molar-refractivity contribution in [1.29, 1.82) is 5.26 Å². The van der Waals surface area contributed by atoms with Gasteiger partial charge in [-0.05, 0) is 32.6 Å². The number of nitrogens with one attached hydrogen (secondary N) is 1. The molecule has 4 heterocycles. The minimum Gasteiger partial charge on any atom is -0.352 e. The molecule has 8 nitrogen and oxygen atoms in total. The molecule has 158 valence electrons. The second-order valence-corrected chi connectivity index (χ2v) is 8.84. The zero-order valence-corrected chi connectivity index (χ0v) is 17.3. The molecule has 2 aliphatic heterocycles. The van der Waals surface area contributed by atoms with E-state index in [1.807, 2.05) is 24.0 Å². The summed E-state index contributed by atoms with van der Waals surface area (Å²) in [6.07, 6.45) is 8.87. The van der Waals surface area contributed by atoms with Crippen molar-refractivity contribution < 1.29 is 4.39 Å². The molecule has 1 N–H and O–H groups in total. The van der Waals surface area contributed by atoms with E-state index in [0.29, 0.717) is 31.3 Å². The van der Waals surface area contributed by atoms with Crippen LogP contribution in [-0.2, 0) is 0 Å². The van der Waals surface area contributed by atoms with Crippen molar-refractivity contribution in [2.24, 2.45) is 0 Å². The number of aryl methyl sites for hydroxylation is 1. The predicted molar refractivity (Wildman–Crippen MR) is 111 cm³/mol. The standard InChI is InChI=1S/C21H27FN8/c1-15-10-24-20(26-17-11-25-30(12-17)18-2-3-18)27-19(15)28-13-21(14-28,6-7-23)29-8-4-16(22)5-9-29/h10-12,16,18H,2-6,8-9,13-14H2,1H3,(H,24,26,27). The molecule has 5 rings (SSSR count). The first kappa shape index (κ1) is 19.2. The van der Waals surface area contributed by atoms with Crippen LogP contribution in [0.25, 0.3) is 0 Å². The van der Waals surface area contributed by atoms with Crippen molar-refractivity contribution >= 4 is 17.5 Å². The second kappa shape index (κ2) is 7.51. The van der Waals surface area contributed by atoms with E-state index < -0.39 is 6.17 Å². The molecule has 2 saturated heterocycles. The molecule has 0 spiro atoms. The zero-order valence-electron chi connectivity index (χ0n) is 17.3. The van der Waals surface area contributed by atoms with Gasteiger partial charge in [0.25, 0.3) is 0 Å². The Hall–Kier alpha value is -2.73. The topological polar surface area (TPSA) is 85.9 Å². The lowest BCUT2D eigenvalue weighted by Crippen LogP contribution is -2.71. The van der Waals surface area contributed by atoms with E-state index in [-0.39, 0.29) is 5.54 Å². The van der Waals surface area contributed by atoms with Gasteiger partial charge in [-0.1, -0.05) is 0 Å². The molecule has 9 heteroatoms. The number of nitriles is 1. The summed E-state index contributed by atoms with van der Waals surface area (Å²) in [5, 5.41) is 17.1. The summed E-state index contributed by atoms with van der Waals surface area (Å²) in [6, 6.07) is 2.88. The fourth-order valence-electron chi connectivity index (χ4n) is 4.59. The minimum absolute atomic E-state index is 0.203. The van der Waals surface area contributed by atoms with Gasteiger partial charge in [0.2, 0.25) is 5.95 Å². The van der Waals surface area contributed by atoms with Crippen LogP contribution < -0.4 is 10.2 Å². The third-order valence-corrected chi connectivity index (χ3v) is 6.50. The van der Waals surface area contributed by atoms with Gasteiger partial charge in [-0.25, -0.2) is 9.37 Å². The average Bonchev–Trinajstić information content (AvgIpc) is 3.46. The third-order valence-electron chi connectivity index (χ3n) is 6.50. The van der Waals surface area contributed by atoms with Crippen molar-refractivity contribution in [3.05, 3.63) is 24.2 Å². The Balaban J connectivity index is 1.29. The third kappa shape index (κ3) is 3.60. The van der Waals surface area contributed by atoms with Crippen LogP contribution in [0.1, 0.15) is 43.7 Å². The van der Waals surface area contributed by atoms with Crippen molar-refractivity contribution in [1.82, 2.24) is 24.6 Å². The van der Waals surface area contributed by atoms with E-state index in [2.05, 4.69) is 31.3 Å². The van der Waals surface area contributed by atoms with Crippen LogP contribution in [0.5, 0.6) is 0 Å². The number of halogens is 1. The van der Waals surface area contributed by atoms with Crippen LogP contribution in [0.2, 0.25) is 0 Å². The smallest absolute Gasteiger partial charge is 0.229 e. The summed E-state index contributed by atoms with van der Waals surface area (Å²) in [4.78, 5) is 13.7. The molecule has 0 aromatic carbocycles. The number of likely N-dealkylation sites (tertiary alicyclic amines) is 1. The van der Waals surface area contributed by atoms with Gasteiger partial charge in [0, 0.05) is 44.1 Å². The van der Waals surface area contributed by atoms with Gasteiger partial charge in [0.15, 0.2) is 0 Å². The fraction of sp³-hybridized carbons (Fsp3) is 0.619. The Morgan fingerprint density at radius 2 is 2.00 bits per heavy atom. The first-order valence-electron chi connectivity index (χ1n) is 10.7. The van der Waals surface area contributed by atoms with Crippen LogP contribution in [0.15, 0.2) is 18.6 Å². The zero-order chi connectivity index (χ0) is 20.7. The molecule has 1 aliphatic carbocycles. The van der Waals surface area contributed by atoms with Crippen molar-refractivity contribution in [2.75, 3.05) is 36.4 Å². The molecular weight excluding hydrogens is 383 g/mol. The Morgan fingerprint density at radius 1 is 1.23 bits per heavy atom. The number of anilines is 3. The maximum Gasteiger partial charge on any atom is 0.229 e. The quantitative estimate of drug-likeness (QED) is 0.783. The van der Waals surface area contributed by atoms with Gasteiger partial charge in [-0.2, -0.15) is 15.3 Å². The number of hydrogen-bond acceptors (Lipinski definition) is 7. The van der Waals surface area contributed by atoms with Gasteiger partial charge in [-0.15, -0.1) is 0 Å². The Kier molecular flexibility index (Phi) is 4.82. The van der Waals surface area contributed by atoms with Crippen molar-refractivity contribution in [3.8, 4) is 6.07 Å². The maximum absolute atomic E-state index is 13.6. The molecule has 2 aromatic heterocycles. The summed E-state index contributed by atoms with van der Waals surface area (Å²) in [7, 11) is 0. The highest BCUT2D eigenvalue weighted by Crippen LogP contribution is 2.38. The average molecular weight is 411 g/mol. The first-order chi connectivity index (χ1) is 14.6. The van der Waals surface area contributed by atoms with E-state index in [9.17, 15) is 9.65 Å². The number of alkyl halides is 1. The van der Waals surface area contributed by atoms with E-state index in [1.165, 1.54) is 12.8 Å². The fourth-order valence-corrected chi connectivity index (χ4v) is 4.59. The molecular formula is C21H27FN8. The monoisotopic (exact) mass is 410 g/mol. The molecule has 2 aromatic rings. The Bertz CT molecular complexity index is 948. The van der Waals surface area contributed by atoms with E-state index in [0.717, 1.165) is 43.2 Å². The van der Waals surface area contributed by atoms with Gasteiger partial charge in [-0.3, -0.25) is 9.58 Å². The van der Waals surface area contributed by atoms with Crippen LogP contribution in [0.4, 0.5) is 21.8 Å². The van der Waals surface area contributed by atoms with Gasteiger partial charge in [0.05, 0.1) is 36.0 Å². The number of nitrogens with zero attached hydrogens (tertiary/aromatic N) is 7. The Morgan fingerprint density at radius 3 is 2.70 bits per heavy atom. The number of hydrogen-bond donors (Lipinski definition) is 1. The summed E-state index contributed by atoms with van der Waals surface area (Å²) in [5.74, 6) is 1.43. The van der Waals surface area contributed by atoms with Crippen LogP contribution >= 0.6 is 0 Å². The Labute approximate surface area is 175 Å². The van der Waals surface area contributed by atoms with Crippen molar-refractivity contribution in [3.63, 3.8) is 0 Å². The molecule has 0 radical (unpaired) electrons. The SMILES string of the molecule is Cc1cnc(Nc2cnn(C3CC3)c2)nc1N1CC(CC#N)(N2CCC(F)CC2)C1. The summed E-state index contributed by atoms with van der Waals surface area (Å²) in [6.45, 7) is 4.90. The summed E-state index contributed by atoms with van der Waals surface area (Å²) in [5.41, 5.74) is 1.68. The summed E-state index contributed by atoms with van der Waals surface area (Å²) < 4.78 is 15.6. The van der Waals surface area contributed by atoms with Gasteiger partial charge in [0.1, 0.15) is 12.0 Å². The maximum atomic E-state index is 13.6. The lowest BCUT2D eigenvalue weighted by atomic mass is 9.83. The minimum atomic E-state index is -0.710. The van der Waals surface area contributed by atoms with E-state index in [4.69, 9.17) is 4.98 Å². The lowest BCUT2D eigenvalue weighted by molar-refractivity contribution is 0.0227. The molecule has 0 bridgehead atoms. The summed E-state index contributed by atoms with van der Waals surface area (Å²) >= 11 is 0. The van der Waals surface area contributed by atoms with Crippen molar-refractivity contribution in [2.45, 2.75) is 56.8 Å². The lowest BCUT2D eigenvalue weighted by Gasteiger charge is -2.56. The molecule has 0 unspecified atom stereocenters. The molecule has 0 atom stereocenters. The normalized spacial score (nSPS) is 21.8. The molecule has 30 heavy (non-hydrogen) atoms. The molecule has 1 saturated carbocycles. The molecule has 3 aliphatic rings. The van der Waals surface area contributed by atoms with Crippen LogP contribution in [-0.4, -0.2) is 62.5 Å². The van der Waals surface area contributed by atoms with Crippen LogP contribution in [0, 0.1) is 18.3 Å². The van der Waals surface area contributed by atoms with Gasteiger partial charge < -0.3 is 10.2 Å². The highest BCUT2D eigenvalue weighted by molar-refractivity contribution is 5.57. The second-order valence-electron chi connectivity index (χ2n) is 8.84. The first-order valence-corrected chi connectivity index (χ1v) is 10.7. The number of piperidine rings is 1.